The number of nitrogen functional groups attached to an aromatic ring is 1. The Morgan fingerprint density at radius 3 is 2.51 bits per heavy atom. The number of rotatable bonds is 6. The van der Waals surface area contributed by atoms with Crippen molar-refractivity contribution in [3.63, 3.8) is 0 Å². The number of hydrogen-bond acceptors (Lipinski definition) is 6. The van der Waals surface area contributed by atoms with Gasteiger partial charge in [-0.15, -0.1) is 0 Å². The lowest BCUT2D eigenvalue weighted by atomic mass is 9.98. The first kappa shape index (κ1) is 30.1. The third-order valence-corrected chi connectivity index (χ3v) is 8.45. The highest BCUT2D eigenvalue weighted by atomic mass is 16.1. The average Bonchev–Trinajstić information content (AvgIpc) is 3.44. The van der Waals surface area contributed by atoms with Crippen molar-refractivity contribution in [1.29, 1.82) is 0 Å². The van der Waals surface area contributed by atoms with Gasteiger partial charge in [0.15, 0.2) is 5.65 Å². The van der Waals surface area contributed by atoms with E-state index in [9.17, 15) is 4.79 Å². The van der Waals surface area contributed by atoms with Crippen LogP contribution in [-0.4, -0.2) is 63.3 Å². The van der Waals surface area contributed by atoms with E-state index in [2.05, 4.69) is 76.0 Å². The quantitative estimate of drug-likeness (QED) is 0.190. The molecule has 1 aliphatic rings. The van der Waals surface area contributed by atoms with Crippen LogP contribution in [0.2, 0.25) is 0 Å². The second-order valence-electron chi connectivity index (χ2n) is 12.1. The maximum atomic E-state index is 13.6. The van der Waals surface area contributed by atoms with Crippen LogP contribution in [0.4, 0.5) is 11.4 Å². The Bertz CT molecular complexity index is 1910. The fourth-order valence-electron chi connectivity index (χ4n) is 5.61. The van der Waals surface area contributed by atoms with Crippen LogP contribution in [0.5, 0.6) is 0 Å². The summed E-state index contributed by atoms with van der Waals surface area (Å²) in [5.41, 5.74) is 15.2. The Kier molecular flexibility index (Phi) is 8.65. The van der Waals surface area contributed by atoms with Crippen LogP contribution in [0.15, 0.2) is 79.3 Å². The van der Waals surface area contributed by atoms with E-state index in [1.807, 2.05) is 60.0 Å². The summed E-state index contributed by atoms with van der Waals surface area (Å²) in [5, 5.41) is 3.18. The predicted octanol–water partition coefficient (Wildman–Crippen LogP) is 5.81. The van der Waals surface area contributed by atoms with Gasteiger partial charge in [0.25, 0.3) is 5.91 Å². The number of benzene rings is 3. The van der Waals surface area contributed by atoms with Crippen LogP contribution in [0.25, 0.3) is 16.9 Å². The number of aromatic nitrogens is 3. The Morgan fingerprint density at radius 1 is 0.978 bits per heavy atom. The molecule has 6 rings (SSSR count). The molecule has 8 heteroatoms. The minimum atomic E-state index is -0.142. The molecule has 0 atom stereocenters. The zero-order valence-electron chi connectivity index (χ0n) is 26.3. The summed E-state index contributed by atoms with van der Waals surface area (Å²) in [5.74, 6) is 6.75. The average molecular weight is 598 g/mol. The molecule has 228 valence electrons. The highest BCUT2D eigenvalue weighted by Gasteiger charge is 2.17. The van der Waals surface area contributed by atoms with Gasteiger partial charge in [-0.2, -0.15) is 0 Å². The normalized spacial score (nSPS) is 14.0. The van der Waals surface area contributed by atoms with Gasteiger partial charge >= 0.3 is 0 Å². The Labute approximate surface area is 264 Å². The lowest BCUT2D eigenvalue weighted by molar-refractivity contribution is 0.102. The zero-order chi connectivity index (χ0) is 31.5. The standard InChI is InChI=1S/C37H39N7O/c1-25(2)30-18-27(23-43-16-14-42(4)15-17-43)19-32(20-30)41-37(45)34-7-5-6-28(26(34)3)10-13-33-21-40-36-22-39-35(24-44(33)36)29-8-11-31(38)12-9-29/h5-9,11-12,18-22,24-25H,14-17,23,38H2,1-4H3,(H,41,45). The van der Waals surface area contributed by atoms with E-state index in [1.54, 1.807) is 12.4 Å². The van der Waals surface area contributed by atoms with E-state index in [0.717, 1.165) is 66.5 Å². The van der Waals surface area contributed by atoms with Gasteiger partial charge in [-0.1, -0.05) is 44.0 Å². The van der Waals surface area contributed by atoms with Gasteiger partial charge in [0.05, 0.1) is 18.1 Å². The number of likely N-dealkylation sites (N-methyl/N-ethyl adjacent to an activating group) is 1. The Balaban J connectivity index is 1.23. The SMILES string of the molecule is Cc1c(C#Cc2cnc3cnc(-c4ccc(N)cc4)cn23)cccc1C(=O)Nc1cc(CN2CCN(C)CC2)cc(C(C)C)c1. The molecule has 3 heterocycles. The van der Waals surface area contributed by atoms with E-state index >= 15 is 0 Å². The van der Waals surface area contributed by atoms with E-state index in [1.165, 1.54) is 11.1 Å². The van der Waals surface area contributed by atoms with Gasteiger partial charge in [0.2, 0.25) is 0 Å². The third-order valence-electron chi connectivity index (χ3n) is 8.45. The second kappa shape index (κ2) is 12.9. The molecule has 45 heavy (non-hydrogen) atoms. The number of nitrogens with one attached hydrogen (secondary N) is 1. The smallest absolute Gasteiger partial charge is 0.255 e. The molecule has 3 aromatic carbocycles. The number of imidazole rings is 1. The summed E-state index contributed by atoms with van der Waals surface area (Å²) in [7, 11) is 2.17. The lowest BCUT2D eigenvalue weighted by Crippen LogP contribution is -2.43. The molecule has 8 nitrogen and oxygen atoms in total. The van der Waals surface area contributed by atoms with Crippen LogP contribution >= 0.6 is 0 Å². The number of nitrogens with two attached hydrogens (primary N) is 1. The Morgan fingerprint density at radius 2 is 1.76 bits per heavy atom. The van der Waals surface area contributed by atoms with Crippen molar-refractivity contribution in [3.05, 3.63) is 113 Å². The van der Waals surface area contributed by atoms with Crippen LogP contribution in [0, 0.1) is 18.8 Å². The minimum absolute atomic E-state index is 0.142. The summed E-state index contributed by atoms with van der Waals surface area (Å²) in [6, 6.07) is 19.8. The van der Waals surface area contributed by atoms with Crippen molar-refractivity contribution >= 4 is 22.9 Å². The van der Waals surface area contributed by atoms with Crippen molar-refractivity contribution in [3.8, 4) is 23.1 Å². The maximum absolute atomic E-state index is 13.6. The van der Waals surface area contributed by atoms with Crippen LogP contribution < -0.4 is 11.1 Å². The molecule has 0 saturated carbocycles. The zero-order valence-corrected chi connectivity index (χ0v) is 26.3. The topological polar surface area (TPSA) is 91.8 Å². The van der Waals surface area contributed by atoms with Crippen molar-refractivity contribution in [2.24, 2.45) is 0 Å². The molecule has 1 amide bonds. The first-order valence-corrected chi connectivity index (χ1v) is 15.4. The first-order chi connectivity index (χ1) is 21.7. The predicted molar refractivity (Wildman–Crippen MR) is 181 cm³/mol. The summed E-state index contributed by atoms with van der Waals surface area (Å²) in [4.78, 5) is 27.5. The number of fused-ring (bicyclic) bond motifs is 1. The number of piperazine rings is 1. The highest BCUT2D eigenvalue weighted by Crippen LogP contribution is 2.25. The van der Waals surface area contributed by atoms with Crippen molar-refractivity contribution < 1.29 is 4.79 Å². The van der Waals surface area contributed by atoms with Crippen LogP contribution in [0.1, 0.15) is 58.1 Å². The number of carbonyl (C=O) groups is 1. The van der Waals surface area contributed by atoms with Gasteiger partial charge in [0.1, 0.15) is 5.69 Å². The summed E-state index contributed by atoms with van der Waals surface area (Å²) in [6.45, 7) is 11.4. The van der Waals surface area contributed by atoms with Crippen molar-refractivity contribution in [2.45, 2.75) is 33.2 Å². The molecule has 2 aromatic heterocycles. The fourth-order valence-corrected chi connectivity index (χ4v) is 5.61. The van der Waals surface area contributed by atoms with Crippen molar-refractivity contribution in [2.75, 3.05) is 44.3 Å². The van der Waals surface area contributed by atoms with Gasteiger partial charge in [-0.05, 0) is 78.9 Å². The maximum Gasteiger partial charge on any atom is 0.255 e. The van der Waals surface area contributed by atoms with E-state index in [0.29, 0.717) is 22.8 Å². The molecule has 0 spiro atoms. The molecular formula is C37H39N7O. The Hall–Kier alpha value is -4.97. The molecule has 0 unspecified atom stereocenters. The molecular weight excluding hydrogens is 558 g/mol. The second-order valence-corrected chi connectivity index (χ2v) is 12.1. The van der Waals surface area contributed by atoms with E-state index in [-0.39, 0.29) is 5.91 Å². The fraction of sp³-hybridized carbons (Fsp3) is 0.270. The van der Waals surface area contributed by atoms with Gasteiger partial charge in [-0.3, -0.25) is 19.1 Å². The van der Waals surface area contributed by atoms with Gasteiger partial charge < -0.3 is 16.0 Å². The summed E-state index contributed by atoms with van der Waals surface area (Å²) < 4.78 is 1.93. The van der Waals surface area contributed by atoms with E-state index in [4.69, 9.17) is 5.73 Å². The number of carbonyl (C=O) groups excluding carboxylic acids is 1. The summed E-state index contributed by atoms with van der Waals surface area (Å²) in [6.07, 6.45) is 5.40. The molecule has 1 saturated heterocycles. The number of nitrogens with zero attached hydrogens (tertiary/aromatic N) is 5. The van der Waals surface area contributed by atoms with Crippen molar-refractivity contribution in [1.82, 2.24) is 24.2 Å². The minimum Gasteiger partial charge on any atom is -0.399 e. The first-order valence-electron chi connectivity index (χ1n) is 15.4. The van der Waals surface area contributed by atoms with Gasteiger partial charge in [0, 0.05) is 67.0 Å². The molecule has 1 aliphatic heterocycles. The van der Waals surface area contributed by atoms with E-state index < -0.39 is 0 Å². The molecule has 0 radical (unpaired) electrons. The number of hydrogen-bond donors (Lipinski definition) is 2. The molecule has 0 bridgehead atoms. The highest BCUT2D eigenvalue weighted by molar-refractivity contribution is 6.05. The molecule has 3 N–H and O–H groups in total. The molecule has 1 fully saturated rings. The largest absolute Gasteiger partial charge is 0.399 e. The number of anilines is 2. The van der Waals surface area contributed by atoms with Gasteiger partial charge in [-0.25, -0.2) is 4.98 Å². The lowest BCUT2D eigenvalue weighted by Gasteiger charge is -2.32. The third kappa shape index (κ3) is 6.91. The molecule has 5 aromatic rings. The van der Waals surface area contributed by atoms with Crippen LogP contribution in [0.3, 0.4) is 0 Å². The monoisotopic (exact) mass is 597 g/mol. The summed E-state index contributed by atoms with van der Waals surface area (Å²) >= 11 is 0. The van der Waals surface area contributed by atoms with Crippen LogP contribution in [-0.2, 0) is 6.54 Å². The number of amides is 1. The molecule has 0 aliphatic carbocycles.